The molecule has 2 aliphatic heterocycles. The van der Waals surface area contributed by atoms with Crippen molar-refractivity contribution < 1.29 is 4.74 Å². The Bertz CT molecular complexity index is 162. The van der Waals surface area contributed by atoms with Crippen LogP contribution in [0.25, 0.3) is 0 Å². The van der Waals surface area contributed by atoms with Gasteiger partial charge in [-0.15, -0.1) is 11.8 Å². The highest BCUT2D eigenvalue weighted by molar-refractivity contribution is 7.99. The minimum absolute atomic E-state index is 0.442. The van der Waals surface area contributed by atoms with Gasteiger partial charge in [0.2, 0.25) is 0 Å². The first kappa shape index (κ1) is 9.77. The molecule has 2 heterocycles. The van der Waals surface area contributed by atoms with Gasteiger partial charge < -0.3 is 9.64 Å². The summed E-state index contributed by atoms with van der Waals surface area (Å²) >= 11 is 2.03. The van der Waals surface area contributed by atoms with Gasteiger partial charge in [0, 0.05) is 37.8 Å². The molecule has 13 heavy (non-hydrogen) atoms. The summed E-state index contributed by atoms with van der Waals surface area (Å²) in [6, 6.07) is 0. The summed E-state index contributed by atoms with van der Waals surface area (Å²) in [5.41, 5.74) is 0. The number of likely N-dealkylation sites (N-methyl/N-ethyl adjacent to an activating group) is 1. The van der Waals surface area contributed by atoms with Gasteiger partial charge in [-0.2, -0.15) is 0 Å². The van der Waals surface area contributed by atoms with Crippen LogP contribution in [0.3, 0.4) is 0 Å². The second kappa shape index (κ2) is 4.64. The monoisotopic (exact) mass is 202 g/mol. The fourth-order valence-corrected chi connectivity index (χ4v) is 2.87. The van der Waals surface area contributed by atoms with Gasteiger partial charge in [0.05, 0.1) is 12.7 Å². The third-order valence-corrected chi connectivity index (χ3v) is 3.65. The van der Waals surface area contributed by atoms with Crippen LogP contribution in [-0.2, 0) is 4.74 Å². The number of hydrogen-bond donors (Lipinski definition) is 0. The normalized spacial score (nSPS) is 32.5. The molecule has 0 aromatic heterocycles. The van der Waals surface area contributed by atoms with Crippen molar-refractivity contribution in [2.75, 3.05) is 51.5 Å². The van der Waals surface area contributed by atoms with E-state index in [-0.39, 0.29) is 0 Å². The summed E-state index contributed by atoms with van der Waals surface area (Å²) in [6.45, 7) is 5.46. The molecule has 4 heteroatoms. The van der Waals surface area contributed by atoms with E-state index in [1.807, 2.05) is 11.8 Å². The maximum absolute atomic E-state index is 5.72. The van der Waals surface area contributed by atoms with Crippen LogP contribution < -0.4 is 0 Å². The lowest BCUT2D eigenvalue weighted by Gasteiger charge is -2.32. The van der Waals surface area contributed by atoms with E-state index in [2.05, 4.69) is 16.8 Å². The smallest absolute Gasteiger partial charge is 0.0829 e. The van der Waals surface area contributed by atoms with Crippen LogP contribution in [0.5, 0.6) is 0 Å². The number of rotatable bonds is 2. The molecule has 0 amide bonds. The summed E-state index contributed by atoms with van der Waals surface area (Å²) in [6.07, 6.45) is 0.442. The zero-order valence-corrected chi connectivity index (χ0v) is 9.05. The molecule has 0 aromatic rings. The van der Waals surface area contributed by atoms with Crippen LogP contribution in [0, 0.1) is 0 Å². The SMILES string of the molecule is CN1CCOC(CN2CCSC2)C1. The molecule has 0 aliphatic carbocycles. The fraction of sp³-hybridized carbons (Fsp3) is 1.00. The molecule has 76 valence electrons. The van der Waals surface area contributed by atoms with Gasteiger partial charge in [-0.25, -0.2) is 0 Å². The second-order valence-corrected chi connectivity index (χ2v) is 4.94. The molecule has 2 aliphatic rings. The van der Waals surface area contributed by atoms with Gasteiger partial charge in [0.15, 0.2) is 0 Å². The topological polar surface area (TPSA) is 15.7 Å². The molecular weight excluding hydrogens is 184 g/mol. The summed E-state index contributed by atoms with van der Waals surface area (Å²) in [5.74, 6) is 2.49. The first-order valence-corrected chi connectivity index (χ1v) is 6.10. The average Bonchev–Trinajstić information content (AvgIpc) is 2.57. The molecule has 3 nitrogen and oxygen atoms in total. The molecule has 0 spiro atoms. The first-order valence-electron chi connectivity index (χ1n) is 4.95. The van der Waals surface area contributed by atoms with Crippen molar-refractivity contribution in [3.8, 4) is 0 Å². The number of ether oxygens (including phenoxy) is 1. The molecule has 2 rings (SSSR count). The van der Waals surface area contributed by atoms with Crippen LogP contribution >= 0.6 is 11.8 Å². The van der Waals surface area contributed by atoms with Crippen molar-refractivity contribution in [1.82, 2.24) is 9.80 Å². The number of thioether (sulfide) groups is 1. The zero-order chi connectivity index (χ0) is 9.10. The number of morpholine rings is 1. The Hall–Kier alpha value is 0.230. The highest BCUT2D eigenvalue weighted by Gasteiger charge is 2.22. The fourth-order valence-electron chi connectivity index (χ4n) is 1.86. The molecule has 2 saturated heterocycles. The Morgan fingerprint density at radius 3 is 3.08 bits per heavy atom. The molecule has 0 radical (unpaired) electrons. The van der Waals surface area contributed by atoms with E-state index in [0.717, 1.165) is 26.2 Å². The van der Waals surface area contributed by atoms with Crippen molar-refractivity contribution >= 4 is 11.8 Å². The summed E-state index contributed by atoms with van der Waals surface area (Å²) in [4.78, 5) is 4.85. The molecule has 0 bridgehead atoms. The van der Waals surface area contributed by atoms with Crippen LogP contribution in [-0.4, -0.2) is 67.4 Å². The second-order valence-electron chi connectivity index (χ2n) is 3.87. The van der Waals surface area contributed by atoms with Gasteiger partial charge in [-0.1, -0.05) is 0 Å². The predicted molar refractivity (Wildman–Crippen MR) is 56.1 cm³/mol. The van der Waals surface area contributed by atoms with Gasteiger partial charge in [0.1, 0.15) is 0 Å². The molecular formula is C9H18N2OS. The Morgan fingerprint density at radius 2 is 2.38 bits per heavy atom. The van der Waals surface area contributed by atoms with Gasteiger partial charge >= 0.3 is 0 Å². The van der Waals surface area contributed by atoms with E-state index in [1.54, 1.807) is 0 Å². The standard InChI is InChI=1S/C9H18N2OS/c1-10-2-4-12-9(6-10)7-11-3-5-13-8-11/h9H,2-8H2,1H3. The van der Waals surface area contributed by atoms with Crippen molar-refractivity contribution in [3.05, 3.63) is 0 Å². The van der Waals surface area contributed by atoms with E-state index in [1.165, 1.54) is 18.2 Å². The van der Waals surface area contributed by atoms with E-state index in [9.17, 15) is 0 Å². The summed E-state index contributed by atoms with van der Waals surface area (Å²) in [7, 11) is 2.17. The van der Waals surface area contributed by atoms with Crippen LogP contribution in [0.2, 0.25) is 0 Å². The highest BCUT2D eigenvalue weighted by atomic mass is 32.2. The third-order valence-electron chi connectivity index (χ3n) is 2.63. The van der Waals surface area contributed by atoms with Crippen molar-refractivity contribution in [2.45, 2.75) is 6.10 Å². The lowest BCUT2D eigenvalue weighted by molar-refractivity contribution is -0.0319. The Kier molecular flexibility index (Phi) is 3.49. The van der Waals surface area contributed by atoms with E-state index in [0.29, 0.717) is 6.10 Å². The Morgan fingerprint density at radius 1 is 1.46 bits per heavy atom. The maximum Gasteiger partial charge on any atom is 0.0829 e. The molecule has 2 fully saturated rings. The largest absolute Gasteiger partial charge is 0.374 e. The minimum Gasteiger partial charge on any atom is -0.374 e. The first-order chi connectivity index (χ1) is 6.34. The third kappa shape index (κ3) is 2.84. The van der Waals surface area contributed by atoms with Crippen LogP contribution in [0.1, 0.15) is 0 Å². The quantitative estimate of drug-likeness (QED) is 0.641. The molecule has 0 N–H and O–H groups in total. The number of nitrogens with zero attached hydrogens (tertiary/aromatic N) is 2. The molecule has 0 aromatic carbocycles. The van der Waals surface area contributed by atoms with E-state index in [4.69, 9.17) is 4.74 Å². The zero-order valence-electron chi connectivity index (χ0n) is 8.24. The highest BCUT2D eigenvalue weighted by Crippen LogP contribution is 2.15. The summed E-state index contributed by atoms with van der Waals surface area (Å²) < 4.78 is 5.72. The van der Waals surface area contributed by atoms with E-state index < -0.39 is 0 Å². The van der Waals surface area contributed by atoms with E-state index >= 15 is 0 Å². The van der Waals surface area contributed by atoms with Crippen molar-refractivity contribution in [3.63, 3.8) is 0 Å². The maximum atomic E-state index is 5.72. The number of hydrogen-bond acceptors (Lipinski definition) is 4. The van der Waals surface area contributed by atoms with Crippen LogP contribution in [0.15, 0.2) is 0 Å². The predicted octanol–water partition coefficient (Wildman–Crippen LogP) is 0.323. The average molecular weight is 202 g/mol. The lowest BCUT2D eigenvalue weighted by Crippen LogP contribution is -2.45. The Balaban J connectivity index is 1.73. The van der Waals surface area contributed by atoms with Crippen molar-refractivity contribution in [2.24, 2.45) is 0 Å². The molecule has 1 unspecified atom stereocenters. The Labute approximate surface area is 84.4 Å². The van der Waals surface area contributed by atoms with Gasteiger partial charge in [-0.3, -0.25) is 4.90 Å². The van der Waals surface area contributed by atoms with Gasteiger partial charge in [-0.05, 0) is 7.05 Å². The van der Waals surface area contributed by atoms with Crippen LogP contribution in [0.4, 0.5) is 0 Å². The minimum atomic E-state index is 0.442. The summed E-state index contributed by atoms with van der Waals surface area (Å²) in [5, 5.41) is 0. The molecule has 1 atom stereocenters. The lowest BCUT2D eigenvalue weighted by atomic mass is 10.2. The van der Waals surface area contributed by atoms with Crippen molar-refractivity contribution in [1.29, 1.82) is 0 Å². The van der Waals surface area contributed by atoms with Gasteiger partial charge in [0.25, 0.3) is 0 Å². The molecule has 0 saturated carbocycles.